The van der Waals surface area contributed by atoms with E-state index in [0.29, 0.717) is 6.54 Å². The van der Waals surface area contributed by atoms with Crippen LogP contribution in [0.2, 0.25) is 0 Å². The van der Waals surface area contributed by atoms with Gasteiger partial charge in [0.05, 0.1) is 12.4 Å². The minimum atomic E-state index is -3.35. The molecule has 0 bridgehead atoms. The first-order valence-corrected chi connectivity index (χ1v) is 7.44. The average molecular weight is 265 g/mol. The first-order chi connectivity index (χ1) is 7.66. The third-order valence-corrected chi connectivity index (χ3v) is 3.64. The number of rotatable bonds is 7. The summed E-state index contributed by atoms with van der Waals surface area (Å²) in [6, 6.07) is 0. The number of sulfone groups is 1. The number of ether oxygens (including phenoxy) is 1. The molecule has 1 amide bonds. The molecule has 0 radical (unpaired) electrons. The van der Waals surface area contributed by atoms with Crippen molar-refractivity contribution in [1.29, 1.82) is 0 Å². The van der Waals surface area contributed by atoms with Crippen molar-refractivity contribution in [1.82, 2.24) is 5.32 Å². The van der Waals surface area contributed by atoms with Gasteiger partial charge in [0.1, 0.15) is 5.75 Å². The van der Waals surface area contributed by atoms with Gasteiger partial charge in [-0.2, -0.15) is 0 Å². The fourth-order valence-corrected chi connectivity index (χ4v) is 2.18. The maximum absolute atomic E-state index is 11.4. The molecule has 0 aromatic rings. The second-order valence-electron chi connectivity index (χ2n) is 5.25. The SMILES string of the molecule is COCCS(=O)(=O)CC(=O)NCCC(C)(C)C. The third-order valence-electron chi connectivity index (χ3n) is 2.15. The molecular weight excluding hydrogens is 242 g/mol. The Kier molecular flexibility index (Phi) is 6.70. The first-order valence-electron chi connectivity index (χ1n) is 5.62. The zero-order valence-electron chi connectivity index (χ0n) is 11.1. The zero-order chi connectivity index (χ0) is 13.5. The second-order valence-corrected chi connectivity index (χ2v) is 7.43. The molecule has 0 aliphatic rings. The average Bonchev–Trinajstić information content (AvgIpc) is 2.11. The van der Waals surface area contributed by atoms with Crippen molar-refractivity contribution in [2.75, 3.05) is 31.8 Å². The topological polar surface area (TPSA) is 72.5 Å². The smallest absolute Gasteiger partial charge is 0.235 e. The molecule has 0 rings (SSSR count). The minimum absolute atomic E-state index is 0.115. The predicted octanol–water partition coefficient (Wildman–Crippen LogP) is 0.600. The van der Waals surface area contributed by atoms with E-state index in [4.69, 9.17) is 0 Å². The van der Waals surface area contributed by atoms with Gasteiger partial charge in [0.25, 0.3) is 0 Å². The Morgan fingerprint density at radius 3 is 2.35 bits per heavy atom. The lowest BCUT2D eigenvalue weighted by Crippen LogP contribution is -2.33. The molecule has 102 valence electrons. The Morgan fingerprint density at radius 2 is 1.88 bits per heavy atom. The van der Waals surface area contributed by atoms with E-state index in [1.807, 2.05) is 0 Å². The molecule has 0 saturated heterocycles. The van der Waals surface area contributed by atoms with Gasteiger partial charge < -0.3 is 10.1 Å². The molecule has 5 nitrogen and oxygen atoms in total. The lowest BCUT2D eigenvalue weighted by Gasteiger charge is -2.17. The van der Waals surface area contributed by atoms with Crippen LogP contribution in [0.1, 0.15) is 27.2 Å². The van der Waals surface area contributed by atoms with E-state index in [2.05, 4.69) is 30.8 Å². The van der Waals surface area contributed by atoms with Crippen LogP contribution in [0.4, 0.5) is 0 Å². The summed E-state index contributed by atoms with van der Waals surface area (Å²) in [6.45, 7) is 6.82. The molecule has 0 aromatic heterocycles. The quantitative estimate of drug-likeness (QED) is 0.731. The molecule has 0 fully saturated rings. The van der Waals surface area contributed by atoms with Gasteiger partial charge in [0.2, 0.25) is 5.91 Å². The Hall–Kier alpha value is -0.620. The van der Waals surface area contributed by atoms with E-state index in [0.717, 1.165) is 6.42 Å². The number of hydrogen-bond donors (Lipinski definition) is 1. The van der Waals surface area contributed by atoms with Gasteiger partial charge in [-0.1, -0.05) is 20.8 Å². The van der Waals surface area contributed by atoms with Crippen LogP contribution in [0.5, 0.6) is 0 Å². The van der Waals surface area contributed by atoms with Crippen LogP contribution in [0.25, 0.3) is 0 Å². The van der Waals surface area contributed by atoms with Crippen molar-refractivity contribution in [2.45, 2.75) is 27.2 Å². The molecule has 1 N–H and O–H groups in total. The normalized spacial score (nSPS) is 12.5. The maximum atomic E-state index is 11.4. The number of amides is 1. The fourth-order valence-electron chi connectivity index (χ4n) is 1.11. The standard InChI is InChI=1S/C11H23NO4S/c1-11(2,3)5-6-12-10(13)9-17(14,15)8-7-16-4/h5-9H2,1-4H3,(H,12,13). The van der Waals surface area contributed by atoms with Crippen LogP contribution >= 0.6 is 0 Å². The van der Waals surface area contributed by atoms with Crippen molar-refractivity contribution in [3.63, 3.8) is 0 Å². The highest BCUT2D eigenvalue weighted by Crippen LogP contribution is 2.16. The lowest BCUT2D eigenvalue weighted by atomic mass is 9.92. The summed E-state index contributed by atoms with van der Waals surface area (Å²) in [5, 5.41) is 2.61. The second kappa shape index (κ2) is 6.96. The Bertz CT molecular complexity index is 330. The van der Waals surface area contributed by atoms with Crippen LogP contribution in [0.3, 0.4) is 0 Å². The molecule has 0 aliphatic carbocycles. The van der Waals surface area contributed by atoms with E-state index < -0.39 is 21.5 Å². The van der Waals surface area contributed by atoms with Gasteiger partial charge in [-0.25, -0.2) is 8.42 Å². The van der Waals surface area contributed by atoms with E-state index in [1.54, 1.807) is 0 Å². The van der Waals surface area contributed by atoms with Crippen LogP contribution in [-0.2, 0) is 19.4 Å². The molecule has 17 heavy (non-hydrogen) atoms. The predicted molar refractivity (Wildman–Crippen MR) is 67.6 cm³/mol. The molecule has 0 unspecified atom stereocenters. The molecule has 0 aromatic carbocycles. The van der Waals surface area contributed by atoms with Crippen molar-refractivity contribution in [3.8, 4) is 0 Å². The van der Waals surface area contributed by atoms with Crippen molar-refractivity contribution >= 4 is 15.7 Å². The molecule has 0 heterocycles. The van der Waals surface area contributed by atoms with E-state index in [1.165, 1.54) is 7.11 Å². The summed E-state index contributed by atoms with van der Waals surface area (Å²) in [6.07, 6.45) is 0.816. The summed E-state index contributed by atoms with van der Waals surface area (Å²) in [4.78, 5) is 11.4. The summed E-state index contributed by atoms with van der Waals surface area (Å²) >= 11 is 0. The van der Waals surface area contributed by atoms with E-state index >= 15 is 0 Å². The molecule has 0 spiro atoms. The summed E-state index contributed by atoms with van der Waals surface area (Å²) < 4.78 is 27.5. The highest BCUT2D eigenvalue weighted by atomic mass is 32.2. The van der Waals surface area contributed by atoms with Crippen molar-refractivity contribution in [2.24, 2.45) is 5.41 Å². The lowest BCUT2D eigenvalue weighted by molar-refractivity contribution is -0.118. The van der Waals surface area contributed by atoms with Gasteiger partial charge in [0, 0.05) is 13.7 Å². The Morgan fingerprint density at radius 1 is 1.29 bits per heavy atom. The van der Waals surface area contributed by atoms with Gasteiger partial charge >= 0.3 is 0 Å². The van der Waals surface area contributed by atoms with E-state index in [9.17, 15) is 13.2 Å². The highest BCUT2D eigenvalue weighted by Gasteiger charge is 2.17. The Balaban J connectivity index is 3.94. The summed E-state index contributed by atoms with van der Waals surface area (Å²) in [5.74, 6) is -1.01. The fraction of sp³-hybridized carbons (Fsp3) is 0.909. The molecule has 0 aliphatic heterocycles. The molecule has 0 saturated carbocycles. The molecule has 0 atom stereocenters. The number of nitrogens with one attached hydrogen (secondary N) is 1. The number of carbonyl (C=O) groups is 1. The van der Waals surface area contributed by atoms with Crippen LogP contribution in [-0.4, -0.2) is 46.1 Å². The van der Waals surface area contributed by atoms with Gasteiger partial charge in [-0.05, 0) is 11.8 Å². The Labute approximate surface area is 104 Å². The van der Waals surface area contributed by atoms with Gasteiger partial charge in [-0.3, -0.25) is 4.79 Å². The van der Waals surface area contributed by atoms with Crippen LogP contribution in [0.15, 0.2) is 0 Å². The van der Waals surface area contributed by atoms with Crippen LogP contribution in [0, 0.1) is 5.41 Å². The zero-order valence-corrected chi connectivity index (χ0v) is 11.9. The number of methoxy groups -OCH3 is 1. The van der Waals surface area contributed by atoms with Gasteiger partial charge in [0.15, 0.2) is 9.84 Å². The molecule has 6 heteroatoms. The molecular formula is C11H23NO4S. The summed E-state index contributed by atoms with van der Waals surface area (Å²) in [7, 11) is -1.92. The van der Waals surface area contributed by atoms with Gasteiger partial charge in [-0.15, -0.1) is 0 Å². The largest absolute Gasteiger partial charge is 0.384 e. The minimum Gasteiger partial charge on any atom is -0.384 e. The maximum Gasteiger partial charge on any atom is 0.235 e. The number of hydrogen-bond acceptors (Lipinski definition) is 4. The van der Waals surface area contributed by atoms with Crippen LogP contribution < -0.4 is 5.32 Å². The van der Waals surface area contributed by atoms with Crippen molar-refractivity contribution in [3.05, 3.63) is 0 Å². The van der Waals surface area contributed by atoms with Crippen molar-refractivity contribution < 1.29 is 17.9 Å². The first kappa shape index (κ1) is 16.4. The number of carbonyl (C=O) groups excluding carboxylic acids is 1. The highest BCUT2D eigenvalue weighted by molar-refractivity contribution is 7.92. The monoisotopic (exact) mass is 265 g/mol. The third kappa shape index (κ3) is 10.3. The van der Waals surface area contributed by atoms with E-state index in [-0.39, 0.29) is 17.8 Å². The summed E-state index contributed by atoms with van der Waals surface area (Å²) in [5.41, 5.74) is 0.127.